The number of benzene rings is 1. The first kappa shape index (κ1) is 17.2. The molecule has 132 valence electrons. The number of amides is 2. The molecular weight excluding hydrogens is 318 g/mol. The van der Waals surface area contributed by atoms with Gasteiger partial charge in [-0.05, 0) is 44.0 Å². The van der Waals surface area contributed by atoms with Crippen LogP contribution in [0.5, 0.6) is 5.75 Å². The molecule has 1 saturated heterocycles. The van der Waals surface area contributed by atoms with Gasteiger partial charge in [-0.3, -0.25) is 14.6 Å². The molecule has 0 aliphatic carbocycles. The lowest BCUT2D eigenvalue weighted by Crippen LogP contribution is -2.46. The number of nitrogens with one attached hydrogen (secondary N) is 1. The van der Waals surface area contributed by atoms with Crippen LogP contribution in [0.1, 0.15) is 35.8 Å². The largest absolute Gasteiger partial charge is 0.497 e. The second-order valence-corrected chi connectivity index (χ2v) is 6.43. The molecule has 0 spiro atoms. The van der Waals surface area contributed by atoms with Crippen molar-refractivity contribution < 1.29 is 14.3 Å². The van der Waals surface area contributed by atoms with Crippen LogP contribution in [0.4, 0.5) is 0 Å². The highest BCUT2D eigenvalue weighted by Crippen LogP contribution is 2.22. The molecule has 1 aliphatic heterocycles. The summed E-state index contributed by atoms with van der Waals surface area (Å²) in [5, 5.41) is 3.96. The Bertz CT molecular complexity index is 811. The van der Waals surface area contributed by atoms with Gasteiger partial charge in [-0.2, -0.15) is 0 Å². The molecule has 0 atom stereocenters. The van der Waals surface area contributed by atoms with Crippen LogP contribution in [0.15, 0.2) is 24.3 Å². The van der Waals surface area contributed by atoms with E-state index in [0.29, 0.717) is 24.3 Å². The van der Waals surface area contributed by atoms with E-state index in [1.807, 2.05) is 36.1 Å². The van der Waals surface area contributed by atoms with Crippen LogP contribution in [0.25, 0.3) is 10.9 Å². The quantitative estimate of drug-likeness (QED) is 0.930. The summed E-state index contributed by atoms with van der Waals surface area (Å²) >= 11 is 0. The Labute approximate surface area is 147 Å². The lowest BCUT2D eigenvalue weighted by molar-refractivity contribution is -0.129. The van der Waals surface area contributed by atoms with Crippen molar-refractivity contribution in [2.75, 3.05) is 20.2 Å². The molecule has 2 amide bonds. The summed E-state index contributed by atoms with van der Waals surface area (Å²) in [6.07, 6.45) is 1.55. The Morgan fingerprint density at radius 3 is 2.60 bits per heavy atom. The fourth-order valence-electron chi connectivity index (χ4n) is 3.21. The Morgan fingerprint density at radius 2 is 1.96 bits per heavy atom. The van der Waals surface area contributed by atoms with Crippen molar-refractivity contribution in [1.82, 2.24) is 15.2 Å². The number of ether oxygens (including phenoxy) is 1. The zero-order chi connectivity index (χ0) is 18.0. The van der Waals surface area contributed by atoms with Gasteiger partial charge >= 0.3 is 0 Å². The minimum Gasteiger partial charge on any atom is -0.497 e. The van der Waals surface area contributed by atoms with Crippen LogP contribution < -0.4 is 10.1 Å². The average Bonchev–Trinajstić information content (AvgIpc) is 2.61. The molecular formula is C19H23N3O3. The number of aromatic nitrogens is 1. The van der Waals surface area contributed by atoms with Crippen LogP contribution in [-0.2, 0) is 4.79 Å². The van der Waals surface area contributed by atoms with Gasteiger partial charge in [0.2, 0.25) is 5.91 Å². The molecule has 0 bridgehead atoms. The van der Waals surface area contributed by atoms with E-state index in [1.165, 1.54) is 0 Å². The maximum Gasteiger partial charge on any atom is 0.253 e. The molecule has 2 heterocycles. The average molecular weight is 341 g/mol. The van der Waals surface area contributed by atoms with Crippen molar-refractivity contribution in [1.29, 1.82) is 0 Å². The van der Waals surface area contributed by atoms with Gasteiger partial charge in [-0.15, -0.1) is 0 Å². The van der Waals surface area contributed by atoms with E-state index < -0.39 is 0 Å². The summed E-state index contributed by atoms with van der Waals surface area (Å²) in [6.45, 7) is 4.80. The van der Waals surface area contributed by atoms with E-state index in [1.54, 1.807) is 14.0 Å². The van der Waals surface area contributed by atoms with Crippen molar-refractivity contribution >= 4 is 22.7 Å². The van der Waals surface area contributed by atoms with E-state index in [4.69, 9.17) is 4.74 Å². The predicted molar refractivity (Wildman–Crippen MR) is 95.8 cm³/mol. The molecule has 1 aromatic carbocycles. The number of piperidine rings is 1. The van der Waals surface area contributed by atoms with Crippen LogP contribution >= 0.6 is 0 Å². The number of pyridine rings is 1. The van der Waals surface area contributed by atoms with Crippen LogP contribution in [-0.4, -0.2) is 47.9 Å². The van der Waals surface area contributed by atoms with E-state index in [9.17, 15) is 9.59 Å². The summed E-state index contributed by atoms with van der Waals surface area (Å²) in [5.41, 5.74) is 2.12. The van der Waals surface area contributed by atoms with Crippen molar-refractivity contribution in [2.45, 2.75) is 32.7 Å². The normalized spacial score (nSPS) is 15.2. The maximum absolute atomic E-state index is 12.7. The van der Waals surface area contributed by atoms with Gasteiger partial charge in [0.15, 0.2) is 0 Å². The second-order valence-electron chi connectivity index (χ2n) is 6.43. The monoisotopic (exact) mass is 341 g/mol. The first-order valence-electron chi connectivity index (χ1n) is 8.49. The number of hydrogen-bond donors (Lipinski definition) is 1. The highest BCUT2D eigenvalue weighted by Gasteiger charge is 2.23. The number of fused-ring (bicyclic) bond motifs is 1. The van der Waals surface area contributed by atoms with Crippen molar-refractivity contribution in [2.24, 2.45) is 0 Å². The van der Waals surface area contributed by atoms with E-state index >= 15 is 0 Å². The second kappa shape index (κ2) is 7.09. The topological polar surface area (TPSA) is 71.5 Å². The zero-order valence-corrected chi connectivity index (χ0v) is 14.8. The molecule has 1 aromatic heterocycles. The first-order valence-corrected chi connectivity index (χ1v) is 8.49. The van der Waals surface area contributed by atoms with Crippen molar-refractivity contribution in [3.63, 3.8) is 0 Å². The zero-order valence-electron chi connectivity index (χ0n) is 14.8. The molecule has 0 radical (unpaired) electrons. The van der Waals surface area contributed by atoms with Gasteiger partial charge < -0.3 is 15.0 Å². The Balaban J connectivity index is 1.75. The number of nitrogens with zero attached hydrogens (tertiary/aromatic N) is 2. The molecule has 6 heteroatoms. The molecule has 6 nitrogen and oxygen atoms in total. The Hall–Kier alpha value is -2.63. The SMILES string of the molecule is COc1ccc2nc(C)c(C(=O)NC3CCN(C(C)=O)CC3)cc2c1. The highest BCUT2D eigenvalue weighted by molar-refractivity contribution is 5.99. The van der Waals surface area contributed by atoms with Crippen LogP contribution in [0, 0.1) is 6.92 Å². The molecule has 0 saturated carbocycles. The van der Waals surface area contributed by atoms with Gasteiger partial charge in [-0.1, -0.05) is 0 Å². The minimum atomic E-state index is -0.115. The van der Waals surface area contributed by atoms with Crippen molar-refractivity contribution in [3.8, 4) is 5.75 Å². The number of carbonyl (C=O) groups excluding carboxylic acids is 2. The van der Waals surface area contributed by atoms with E-state index in [2.05, 4.69) is 10.3 Å². The minimum absolute atomic E-state index is 0.0866. The number of rotatable bonds is 3. The third-order valence-electron chi connectivity index (χ3n) is 4.73. The summed E-state index contributed by atoms with van der Waals surface area (Å²) in [5.74, 6) is 0.713. The highest BCUT2D eigenvalue weighted by atomic mass is 16.5. The fraction of sp³-hybridized carbons (Fsp3) is 0.421. The van der Waals surface area contributed by atoms with Gasteiger partial charge in [0, 0.05) is 31.4 Å². The lowest BCUT2D eigenvalue weighted by Gasteiger charge is -2.31. The number of hydrogen-bond acceptors (Lipinski definition) is 4. The summed E-state index contributed by atoms with van der Waals surface area (Å²) in [7, 11) is 1.61. The summed E-state index contributed by atoms with van der Waals surface area (Å²) < 4.78 is 5.24. The predicted octanol–water partition coefficient (Wildman–Crippen LogP) is 2.29. The van der Waals surface area contributed by atoms with E-state index in [-0.39, 0.29) is 17.9 Å². The third-order valence-corrected chi connectivity index (χ3v) is 4.73. The number of methoxy groups -OCH3 is 1. The number of carbonyl (C=O) groups is 2. The first-order chi connectivity index (χ1) is 12.0. The van der Waals surface area contributed by atoms with Gasteiger partial charge in [0.05, 0.1) is 23.9 Å². The van der Waals surface area contributed by atoms with Crippen LogP contribution in [0.3, 0.4) is 0 Å². The molecule has 1 aliphatic rings. The Morgan fingerprint density at radius 1 is 1.24 bits per heavy atom. The Kier molecular flexibility index (Phi) is 4.88. The van der Waals surface area contributed by atoms with Gasteiger partial charge in [0.25, 0.3) is 5.91 Å². The number of aryl methyl sites for hydroxylation is 1. The van der Waals surface area contributed by atoms with E-state index in [0.717, 1.165) is 29.5 Å². The molecule has 1 N–H and O–H groups in total. The lowest BCUT2D eigenvalue weighted by atomic mass is 10.0. The number of likely N-dealkylation sites (tertiary alicyclic amines) is 1. The van der Waals surface area contributed by atoms with Crippen molar-refractivity contribution in [3.05, 3.63) is 35.5 Å². The standard InChI is InChI=1S/C19H23N3O3/c1-12-17(11-14-10-16(25-3)4-5-18(14)20-12)19(24)21-15-6-8-22(9-7-15)13(2)23/h4-5,10-11,15H,6-9H2,1-3H3,(H,21,24). The summed E-state index contributed by atoms with van der Waals surface area (Å²) in [4.78, 5) is 30.4. The molecule has 2 aromatic rings. The van der Waals surface area contributed by atoms with Gasteiger partial charge in [-0.25, -0.2) is 0 Å². The van der Waals surface area contributed by atoms with Gasteiger partial charge in [0.1, 0.15) is 5.75 Å². The fourth-order valence-corrected chi connectivity index (χ4v) is 3.21. The maximum atomic E-state index is 12.7. The summed E-state index contributed by atoms with van der Waals surface area (Å²) in [6, 6.07) is 7.57. The smallest absolute Gasteiger partial charge is 0.253 e. The molecule has 3 rings (SSSR count). The van der Waals surface area contributed by atoms with Crippen LogP contribution in [0.2, 0.25) is 0 Å². The molecule has 25 heavy (non-hydrogen) atoms. The molecule has 0 unspecified atom stereocenters. The third kappa shape index (κ3) is 3.73. The molecule has 1 fully saturated rings.